The van der Waals surface area contributed by atoms with Crippen molar-refractivity contribution in [2.45, 2.75) is 65.5 Å². The molecule has 1 N–H and O–H groups in total. The number of nitrogens with zero attached hydrogens (tertiary/aromatic N) is 2. The van der Waals surface area contributed by atoms with Crippen molar-refractivity contribution >= 4 is 39.1 Å². The third-order valence-electron chi connectivity index (χ3n) is 5.99. The molecule has 0 aliphatic rings. The van der Waals surface area contributed by atoms with E-state index in [1.165, 1.54) is 10.6 Å². The molecule has 0 fully saturated rings. The van der Waals surface area contributed by atoms with Crippen LogP contribution in [0.15, 0.2) is 48.5 Å². The highest BCUT2D eigenvalue weighted by Crippen LogP contribution is 2.21. The fourth-order valence-corrected chi connectivity index (χ4v) is 5.07. The Balaban J connectivity index is 2.18. The molecule has 1 unspecified atom stereocenters. The second-order valence-corrected chi connectivity index (χ2v) is 11.2. The monoisotopic (exact) mass is 535 g/mol. The van der Waals surface area contributed by atoms with Crippen LogP contribution in [0.4, 0.5) is 5.69 Å². The molecule has 2 amide bonds. The lowest BCUT2D eigenvalue weighted by Crippen LogP contribution is -2.49. The van der Waals surface area contributed by atoms with Crippen molar-refractivity contribution in [3.8, 4) is 0 Å². The number of amides is 2. The number of hydrogen-bond donors (Lipinski definition) is 1. The summed E-state index contributed by atoms with van der Waals surface area (Å²) in [7, 11) is -3.52. The van der Waals surface area contributed by atoms with Crippen LogP contribution in [-0.4, -0.2) is 50.5 Å². The van der Waals surface area contributed by atoms with E-state index in [1.807, 2.05) is 45.0 Å². The summed E-state index contributed by atoms with van der Waals surface area (Å²) in [5.74, 6) is -0.381. The summed E-state index contributed by atoms with van der Waals surface area (Å²) in [5.41, 5.74) is 2.56. The van der Waals surface area contributed by atoms with E-state index in [0.29, 0.717) is 30.1 Å². The van der Waals surface area contributed by atoms with Gasteiger partial charge in [-0.05, 0) is 61.1 Å². The van der Waals surface area contributed by atoms with Gasteiger partial charge in [0.05, 0.1) is 11.9 Å². The third-order valence-corrected chi connectivity index (χ3v) is 7.43. The van der Waals surface area contributed by atoms with E-state index >= 15 is 0 Å². The van der Waals surface area contributed by atoms with Gasteiger partial charge in [0.1, 0.15) is 6.04 Å². The van der Waals surface area contributed by atoms with Crippen LogP contribution in [0, 0.1) is 0 Å². The topological polar surface area (TPSA) is 86.8 Å². The zero-order valence-electron chi connectivity index (χ0n) is 21.7. The lowest BCUT2D eigenvalue weighted by atomic mass is 10.1. The van der Waals surface area contributed by atoms with Gasteiger partial charge in [0.25, 0.3) is 0 Å². The van der Waals surface area contributed by atoms with Crippen molar-refractivity contribution in [1.82, 2.24) is 10.2 Å². The highest BCUT2D eigenvalue weighted by Gasteiger charge is 2.28. The number of sulfonamides is 1. The Labute approximate surface area is 220 Å². The molecule has 0 bridgehead atoms. The lowest BCUT2D eigenvalue weighted by Gasteiger charge is -2.31. The highest BCUT2D eigenvalue weighted by molar-refractivity contribution is 7.92. The van der Waals surface area contributed by atoms with Gasteiger partial charge in [-0.3, -0.25) is 13.9 Å². The number of hydrogen-bond acceptors (Lipinski definition) is 4. The number of halogens is 1. The van der Waals surface area contributed by atoms with Gasteiger partial charge in [0.2, 0.25) is 21.8 Å². The van der Waals surface area contributed by atoms with E-state index in [1.54, 1.807) is 29.2 Å². The molecule has 0 heterocycles. The Morgan fingerprint density at radius 3 is 2.11 bits per heavy atom. The molecule has 2 rings (SSSR count). The molecule has 2 aromatic carbocycles. The Morgan fingerprint density at radius 2 is 1.58 bits per heavy atom. The second-order valence-electron chi connectivity index (χ2n) is 8.82. The first-order valence-corrected chi connectivity index (χ1v) is 14.7. The van der Waals surface area contributed by atoms with Crippen molar-refractivity contribution in [2.24, 2.45) is 0 Å². The van der Waals surface area contributed by atoms with E-state index in [2.05, 4.69) is 5.32 Å². The molecule has 2 aromatic rings. The normalized spacial score (nSPS) is 12.1. The predicted octanol–water partition coefficient (Wildman–Crippen LogP) is 4.78. The first kappa shape index (κ1) is 29.6. The SMILES string of the molecule is CCCNC(=O)C(CC)N(Cc1ccc(Cl)cc1)C(=O)CCCN(c1ccc(CC)cc1)S(C)(=O)=O. The van der Waals surface area contributed by atoms with Gasteiger partial charge >= 0.3 is 0 Å². The van der Waals surface area contributed by atoms with E-state index < -0.39 is 16.1 Å². The van der Waals surface area contributed by atoms with Gasteiger partial charge in [-0.2, -0.15) is 0 Å². The summed E-state index contributed by atoms with van der Waals surface area (Å²) in [5, 5.41) is 3.49. The smallest absolute Gasteiger partial charge is 0.242 e. The average Bonchev–Trinajstić information content (AvgIpc) is 2.85. The summed E-state index contributed by atoms with van der Waals surface area (Å²) in [6.45, 7) is 6.87. The number of benzene rings is 2. The van der Waals surface area contributed by atoms with Gasteiger partial charge in [-0.25, -0.2) is 8.42 Å². The van der Waals surface area contributed by atoms with Crippen LogP contribution in [-0.2, 0) is 32.6 Å². The fraction of sp³-hybridized carbons (Fsp3) is 0.481. The summed E-state index contributed by atoms with van der Waals surface area (Å²) in [4.78, 5) is 27.8. The Bertz CT molecular complexity index is 1090. The van der Waals surface area contributed by atoms with Crippen molar-refractivity contribution in [3.63, 3.8) is 0 Å². The van der Waals surface area contributed by atoms with Crippen molar-refractivity contribution in [3.05, 3.63) is 64.7 Å². The zero-order valence-corrected chi connectivity index (χ0v) is 23.2. The minimum atomic E-state index is -3.52. The molecule has 0 saturated heterocycles. The maximum absolute atomic E-state index is 13.4. The number of aryl methyl sites for hydroxylation is 1. The summed E-state index contributed by atoms with van der Waals surface area (Å²) in [6.07, 6.45) is 3.74. The largest absolute Gasteiger partial charge is 0.354 e. The molecule has 198 valence electrons. The van der Waals surface area contributed by atoms with Gasteiger partial charge in [0.15, 0.2) is 0 Å². The number of carbonyl (C=O) groups excluding carboxylic acids is 2. The van der Waals surface area contributed by atoms with Gasteiger partial charge in [-0.1, -0.05) is 56.6 Å². The number of anilines is 1. The Kier molecular flexibility index (Phi) is 11.7. The third kappa shape index (κ3) is 8.82. The van der Waals surface area contributed by atoms with Crippen LogP contribution < -0.4 is 9.62 Å². The maximum Gasteiger partial charge on any atom is 0.242 e. The van der Waals surface area contributed by atoms with E-state index in [-0.39, 0.29) is 31.3 Å². The van der Waals surface area contributed by atoms with Crippen LogP contribution in [0.2, 0.25) is 5.02 Å². The minimum Gasteiger partial charge on any atom is -0.354 e. The molecular weight excluding hydrogens is 498 g/mol. The molecule has 0 aliphatic heterocycles. The van der Waals surface area contributed by atoms with Crippen molar-refractivity contribution in [2.75, 3.05) is 23.7 Å². The van der Waals surface area contributed by atoms with Crippen molar-refractivity contribution < 1.29 is 18.0 Å². The van der Waals surface area contributed by atoms with Crippen LogP contribution >= 0.6 is 11.6 Å². The summed E-state index contributed by atoms with van der Waals surface area (Å²) < 4.78 is 26.3. The maximum atomic E-state index is 13.4. The van der Waals surface area contributed by atoms with Crippen LogP contribution in [0.3, 0.4) is 0 Å². The first-order valence-electron chi connectivity index (χ1n) is 12.5. The second kappa shape index (κ2) is 14.2. The Hall–Kier alpha value is -2.58. The molecule has 36 heavy (non-hydrogen) atoms. The number of nitrogens with one attached hydrogen (secondary N) is 1. The molecule has 7 nitrogen and oxygen atoms in total. The van der Waals surface area contributed by atoms with Crippen LogP contribution in [0.5, 0.6) is 0 Å². The summed E-state index contributed by atoms with van der Waals surface area (Å²) in [6, 6.07) is 14.0. The predicted molar refractivity (Wildman–Crippen MR) is 147 cm³/mol. The van der Waals surface area contributed by atoms with Gasteiger partial charge in [-0.15, -0.1) is 0 Å². The average molecular weight is 536 g/mol. The number of carbonyl (C=O) groups is 2. The molecular formula is C27H38ClN3O4S. The van der Waals surface area contributed by atoms with Gasteiger partial charge in [0, 0.05) is 31.1 Å². The number of rotatable bonds is 14. The molecule has 0 saturated carbocycles. The molecule has 0 spiro atoms. The van der Waals surface area contributed by atoms with E-state index in [9.17, 15) is 18.0 Å². The quantitative estimate of drug-likeness (QED) is 0.377. The van der Waals surface area contributed by atoms with E-state index in [4.69, 9.17) is 11.6 Å². The molecule has 9 heteroatoms. The first-order chi connectivity index (χ1) is 17.1. The molecule has 0 aromatic heterocycles. The van der Waals surface area contributed by atoms with Crippen molar-refractivity contribution in [1.29, 1.82) is 0 Å². The highest BCUT2D eigenvalue weighted by atomic mass is 35.5. The molecule has 1 atom stereocenters. The summed E-state index contributed by atoms with van der Waals surface area (Å²) >= 11 is 6.01. The Morgan fingerprint density at radius 1 is 0.972 bits per heavy atom. The molecule has 0 radical (unpaired) electrons. The standard InChI is InChI=1S/C27H38ClN3O4S/c1-5-18-29-27(33)25(7-3)30(20-22-10-14-23(28)15-11-22)26(32)9-8-19-31(36(4,34)35)24-16-12-21(6-2)13-17-24/h10-17,25H,5-9,18-20H2,1-4H3,(H,29,33). The lowest BCUT2D eigenvalue weighted by molar-refractivity contribution is -0.141. The van der Waals surface area contributed by atoms with Crippen LogP contribution in [0.1, 0.15) is 57.6 Å². The minimum absolute atomic E-state index is 0.115. The van der Waals surface area contributed by atoms with Crippen LogP contribution in [0.25, 0.3) is 0 Å². The molecule has 0 aliphatic carbocycles. The van der Waals surface area contributed by atoms with E-state index in [0.717, 1.165) is 24.0 Å². The fourth-order valence-electron chi connectivity index (χ4n) is 3.97. The zero-order chi connectivity index (χ0) is 26.7. The van der Waals surface area contributed by atoms with Gasteiger partial charge < -0.3 is 10.2 Å².